The normalized spacial score (nSPS) is 17.8. The van der Waals surface area contributed by atoms with Gasteiger partial charge in [0.15, 0.2) is 0 Å². The first-order valence-corrected chi connectivity index (χ1v) is 6.58. The van der Waals surface area contributed by atoms with Crippen LogP contribution in [0.15, 0.2) is 60.7 Å². The molecule has 0 saturated heterocycles. The first kappa shape index (κ1) is 18.2. The molecule has 0 aliphatic heterocycles. The fourth-order valence-electron chi connectivity index (χ4n) is 2.35. The molecule has 0 unspecified atom stereocenters. The molecular weight excluding hydrogens is 344 g/mol. The second-order valence-corrected chi connectivity index (χ2v) is 5.13. The summed E-state index contributed by atoms with van der Waals surface area (Å²) in [7, 11) is 0. The maximum atomic E-state index is 14.5. The molecule has 0 bridgehead atoms. The van der Waals surface area contributed by atoms with Gasteiger partial charge in [-0.15, -0.1) is 0 Å². The van der Waals surface area contributed by atoms with Gasteiger partial charge >= 0.3 is 18.0 Å². The molecule has 130 valence electrons. The van der Waals surface area contributed by atoms with E-state index in [1.165, 1.54) is 12.2 Å². The molecule has 0 nitrogen and oxygen atoms in total. The summed E-state index contributed by atoms with van der Waals surface area (Å²) >= 11 is 0. The fourth-order valence-corrected chi connectivity index (χ4v) is 2.35. The van der Waals surface area contributed by atoms with E-state index >= 15 is 0 Å². The lowest BCUT2D eigenvalue weighted by Crippen LogP contribution is -2.61. The largest absolute Gasteiger partial charge is 0.459 e. The van der Waals surface area contributed by atoms with Gasteiger partial charge in [-0.2, -0.15) is 30.7 Å². The smallest absolute Gasteiger partial charge is 0.207 e. The molecule has 1 aromatic carbocycles. The molecule has 8 heteroatoms. The second-order valence-electron chi connectivity index (χ2n) is 5.13. The van der Waals surface area contributed by atoms with Crippen LogP contribution in [0.4, 0.5) is 35.1 Å². The van der Waals surface area contributed by atoms with Gasteiger partial charge in [0.1, 0.15) is 11.2 Å². The van der Waals surface area contributed by atoms with Crippen molar-refractivity contribution in [2.75, 3.05) is 0 Å². The molecule has 1 aliphatic carbocycles. The molecule has 0 spiro atoms. The fraction of sp³-hybridized carbons (Fsp3) is 0.250. The minimum absolute atomic E-state index is 0.542. The molecule has 0 heterocycles. The first-order valence-electron chi connectivity index (χ1n) is 6.58. The lowest BCUT2D eigenvalue weighted by molar-refractivity contribution is -0.363. The van der Waals surface area contributed by atoms with E-state index in [9.17, 15) is 35.1 Å². The zero-order valence-corrected chi connectivity index (χ0v) is 11.8. The van der Waals surface area contributed by atoms with Crippen molar-refractivity contribution in [3.63, 3.8) is 0 Å². The van der Waals surface area contributed by atoms with E-state index < -0.39 is 34.8 Å². The molecule has 0 fully saturated rings. The van der Waals surface area contributed by atoms with E-state index in [0.717, 1.165) is 24.3 Å². The average Bonchev–Trinajstić information content (AvgIpc) is 2.73. The average molecular weight is 354 g/mol. The highest BCUT2D eigenvalue weighted by molar-refractivity contribution is 5.45. The number of hydrogen-bond acceptors (Lipinski definition) is 0. The topological polar surface area (TPSA) is 0 Å². The quantitative estimate of drug-likeness (QED) is 0.622. The molecule has 1 aromatic rings. The van der Waals surface area contributed by atoms with E-state index in [4.69, 9.17) is 0 Å². The molecule has 0 N–H and O–H groups in total. The molecule has 24 heavy (non-hydrogen) atoms. The molecule has 0 amide bonds. The Balaban J connectivity index is 2.74. The molecule has 0 radical (unpaired) electrons. The van der Waals surface area contributed by atoms with Crippen LogP contribution in [0.2, 0.25) is 0 Å². The third-order valence-corrected chi connectivity index (χ3v) is 3.64. The van der Waals surface area contributed by atoms with Crippen molar-refractivity contribution in [3.05, 3.63) is 72.1 Å². The molecule has 0 saturated carbocycles. The lowest BCUT2D eigenvalue weighted by atomic mass is 9.72. The van der Waals surface area contributed by atoms with Crippen molar-refractivity contribution in [1.29, 1.82) is 0 Å². The maximum Gasteiger partial charge on any atom is 0.459 e. The second kappa shape index (κ2) is 5.75. The molecular formula is C16H10F8. The van der Waals surface area contributed by atoms with E-state index in [1.54, 1.807) is 0 Å². The summed E-state index contributed by atoms with van der Waals surface area (Å²) in [5.74, 6) is -12.7. The molecule has 0 atom stereocenters. The number of hydrogen-bond donors (Lipinski definition) is 0. The van der Waals surface area contributed by atoms with Gasteiger partial charge < -0.3 is 0 Å². The predicted octanol–water partition coefficient (Wildman–Crippen LogP) is 5.58. The van der Waals surface area contributed by atoms with Crippen molar-refractivity contribution < 1.29 is 35.1 Å². The number of rotatable bonds is 3. The summed E-state index contributed by atoms with van der Waals surface area (Å²) in [6.45, 7) is 0. The van der Waals surface area contributed by atoms with Crippen LogP contribution >= 0.6 is 0 Å². The zero-order valence-electron chi connectivity index (χ0n) is 11.8. The Hall–Kier alpha value is -2.12. The third-order valence-electron chi connectivity index (χ3n) is 3.64. The lowest BCUT2D eigenvalue weighted by Gasteiger charge is -2.40. The Morgan fingerprint density at radius 3 is 1.54 bits per heavy atom. The highest BCUT2D eigenvalue weighted by Gasteiger charge is 2.78. The number of benzene rings is 1. The highest BCUT2D eigenvalue weighted by Crippen LogP contribution is 2.56. The summed E-state index contributed by atoms with van der Waals surface area (Å²) in [6.07, 6.45) is -1.12. The van der Waals surface area contributed by atoms with Crippen molar-refractivity contribution in [2.24, 2.45) is 0 Å². The van der Waals surface area contributed by atoms with E-state index in [0.29, 0.717) is 24.3 Å². The van der Waals surface area contributed by atoms with E-state index in [1.807, 2.05) is 0 Å². The first-order chi connectivity index (χ1) is 11.0. The highest BCUT2D eigenvalue weighted by atomic mass is 19.4. The van der Waals surface area contributed by atoms with Crippen LogP contribution in [0.3, 0.4) is 0 Å². The Labute approximate surface area is 131 Å². The van der Waals surface area contributed by atoms with Crippen LogP contribution in [0.25, 0.3) is 0 Å². The molecule has 0 aromatic heterocycles. The Morgan fingerprint density at radius 1 is 0.667 bits per heavy atom. The minimum Gasteiger partial charge on any atom is -0.207 e. The maximum absolute atomic E-state index is 14.5. The number of alkyl halides is 7. The van der Waals surface area contributed by atoms with Gasteiger partial charge in [0.05, 0.1) is 0 Å². The van der Waals surface area contributed by atoms with Crippen molar-refractivity contribution >= 4 is 0 Å². The van der Waals surface area contributed by atoms with Crippen LogP contribution in [0.1, 0.15) is 5.56 Å². The summed E-state index contributed by atoms with van der Waals surface area (Å²) in [6, 6.07) is 2.91. The Bertz CT molecular complexity index is 661. The van der Waals surface area contributed by atoms with Gasteiger partial charge in [-0.25, -0.2) is 4.39 Å². The van der Waals surface area contributed by atoms with Crippen molar-refractivity contribution in [2.45, 2.75) is 23.4 Å². The molecule has 2 rings (SSSR count). The van der Waals surface area contributed by atoms with Crippen LogP contribution in [0.5, 0.6) is 0 Å². The van der Waals surface area contributed by atoms with Crippen LogP contribution < -0.4 is 0 Å². The number of allylic oxidation sites excluding steroid dienone is 6. The van der Waals surface area contributed by atoms with Gasteiger partial charge in [-0.05, 0) is 17.7 Å². The minimum atomic E-state index is -6.47. The summed E-state index contributed by atoms with van der Waals surface area (Å²) in [4.78, 5) is 0. The zero-order chi connectivity index (χ0) is 18.2. The van der Waals surface area contributed by atoms with Gasteiger partial charge in [0, 0.05) is 0 Å². The summed E-state index contributed by atoms with van der Waals surface area (Å²) < 4.78 is 107. The SMILES string of the molecule is Fc1ccc(C2(C(F)(F)C(F)(F)C(F)(F)F)C=CC=CC=C2)cc1. The van der Waals surface area contributed by atoms with Gasteiger partial charge in [0.2, 0.25) is 0 Å². The standard InChI is InChI=1S/C16H10F8/c17-12-7-5-11(6-8-12)13(9-3-1-2-4-10-13)14(18,19)15(20,21)16(22,23)24/h1-10H. The van der Waals surface area contributed by atoms with Crippen LogP contribution in [-0.4, -0.2) is 18.0 Å². The van der Waals surface area contributed by atoms with Gasteiger partial charge in [-0.3, -0.25) is 0 Å². The predicted molar refractivity (Wildman–Crippen MR) is 71.4 cm³/mol. The Morgan fingerprint density at radius 2 is 1.12 bits per heavy atom. The molecule has 1 aliphatic rings. The van der Waals surface area contributed by atoms with E-state index in [-0.39, 0.29) is 0 Å². The van der Waals surface area contributed by atoms with Crippen molar-refractivity contribution in [3.8, 4) is 0 Å². The van der Waals surface area contributed by atoms with E-state index in [2.05, 4.69) is 0 Å². The summed E-state index contributed by atoms with van der Waals surface area (Å²) in [5.41, 5.74) is -3.71. The third kappa shape index (κ3) is 2.63. The van der Waals surface area contributed by atoms with Crippen molar-refractivity contribution in [1.82, 2.24) is 0 Å². The van der Waals surface area contributed by atoms with Gasteiger partial charge in [-0.1, -0.05) is 48.6 Å². The number of halogens is 8. The Kier molecular flexibility index (Phi) is 4.37. The van der Waals surface area contributed by atoms with Gasteiger partial charge in [0.25, 0.3) is 0 Å². The monoisotopic (exact) mass is 354 g/mol. The van der Waals surface area contributed by atoms with Crippen LogP contribution in [-0.2, 0) is 5.41 Å². The summed E-state index contributed by atoms with van der Waals surface area (Å²) in [5, 5.41) is 0. The van der Waals surface area contributed by atoms with Crippen LogP contribution in [0, 0.1) is 5.82 Å².